The molecule has 0 spiro atoms. The first-order valence-electron chi connectivity index (χ1n) is 15.3. The van der Waals surface area contributed by atoms with Crippen molar-refractivity contribution in [3.8, 4) is 0 Å². The molecular formula is C34H41N4O7S-. The lowest BCUT2D eigenvalue weighted by Crippen LogP contribution is -2.47. The maximum atomic E-state index is 13.4. The Morgan fingerprint density at radius 1 is 1.02 bits per heavy atom. The fourth-order valence-corrected chi connectivity index (χ4v) is 7.16. The van der Waals surface area contributed by atoms with Crippen LogP contribution >= 0.6 is 0 Å². The number of rotatable bonds is 15. The number of benzene rings is 3. The highest BCUT2D eigenvalue weighted by Gasteiger charge is 2.37. The Labute approximate surface area is 270 Å². The first kappa shape index (κ1) is 34.8. The van der Waals surface area contributed by atoms with Gasteiger partial charge < -0.3 is 24.8 Å². The fourth-order valence-electron chi connectivity index (χ4n) is 5.88. The molecule has 1 saturated heterocycles. The van der Waals surface area contributed by atoms with E-state index in [2.05, 4.69) is 4.90 Å². The molecule has 246 valence electrons. The third-order valence-corrected chi connectivity index (χ3v) is 10.5. The molecule has 3 aromatic rings. The van der Waals surface area contributed by atoms with E-state index >= 15 is 0 Å². The summed E-state index contributed by atoms with van der Waals surface area (Å²) < 4.78 is 28.0. The van der Waals surface area contributed by atoms with Crippen molar-refractivity contribution < 1.29 is 28.3 Å². The summed E-state index contributed by atoms with van der Waals surface area (Å²) in [7, 11) is -2.20. The number of non-ortho nitro benzene ring substituents is 1. The van der Waals surface area contributed by atoms with Crippen molar-refractivity contribution in [2.24, 2.45) is 5.92 Å². The number of piperidine rings is 1. The molecule has 1 amide bonds. The maximum Gasteiger partial charge on any atom is 0.269 e. The first-order valence-corrected chi connectivity index (χ1v) is 16.7. The number of sulfonamides is 1. The van der Waals surface area contributed by atoms with Gasteiger partial charge in [0, 0.05) is 44.2 Å². The number of hydrogen-bond acceptors (Lipinski definition) is 8. The number of carboxylic acid groups (broad SMARTS) is 1. The lowest BCUT2D eigenvalue weighted by molar-refractivity contribution is -0.384. The van der Waals surface area contributed by atoms with Gasteiger partial charge in [-0.2, -0.15) is 4.31 Å². The number of aliphatic hydroxyl groups excluding tert-OH is 1. The minimum absolute atomic E-state index is 0.0551. The number of amides is 1. The highest BCUT2D eigenvalue weighted by molar-refractivity contribution is 7.89. The van der Waals surface area contributed by atoms with Crippen molar-refractivity contribution in [3.05, 3.63) is 118 Å². The molecule has 0 saturated carbocycles. The predicted octanol–water partition coefficient (Wildman–Crippen LogP) is 3.65. The van der Waals surface area contributed by atoms with Crippen LogP contribution in [0.3, 0.4) is 0 Å². The number of nitro groups is 1. The van der Waals surface area contributed by atoms with Crippen LogP contribution in [0.2, 0.25) is 0 Å². The van der Waals surface area contributed by atoms with E-state index in [4.69, 9.17) is 0 Å². The van der Waals surface area contributed by atoms with Crippen LogP contribution < -0.4 is 5.11 Å². The highest BCUT2D eigenvalue weighted by atomic mass is 32.2. The molecular weight excluding hydrogens is 608 g/mol. The minimum atomic E-state index is -3.75. The molecule has 3 aromatic carbocycles. The molecule has 1 heterocycles. The Bertz CT molecular complexity index is 1560. The van der Waals surface area contributed by atoms with Gasteiger partial charge in [0.2, 0.25) is 10.0 Å². The number of allylic oxidation sites excluding steroid dienone is 1. The first-order chi connectivity index (χ1) is 22.0. The summed E-state index contributed by atoms with van der Waals surface area (Å²) >= 11 is 0. The van der Waals surface area contributed by atoms with Crippen LogP contribution in [0.1, 0.15) is 30.4 Å². The van der Waals surface area contributed by atoms with Crippen LogP contribution in [0.4, 0.5) is 10.5 Å². The van der Waals surface area contributed by atoms with E-state index in [1.165, 1.54) is 28.6 Å². The zero-order valence-electron chi connectivity index (χ0n) is 26.0. The number of nitrogens with zero attached hydrogens (tertiary/aromatic N) is 4. The molecule has 11 nitrogen and oxygen atoms in total. The van der Waals surface area contributed by atoms with Gasteiger partial charge in [0.25, 0.3) is 5.69 Å². The molecule has 12 heteroatoms. The predicted molar refractivity (Wildman–Crippen MR) is 173 cm³/mol. The standard InChI is InChI=1S/C34H42N4O7S/c1-35(46(44,45)32-12-6-3-7-13-32)26-34(27-39,30-10-4-2-5-11-30)20-24-36-22-18-28(19-23-36)9-8-21-37(33(40)41)25-29-14-16-31(17-15-29)38(42)43/h2-17,28,39H,18-27H2,1H3,(H,40,41)/p-1. The number of nitro benzene ring substituents is 1. The number of hydrogen-bond donors (Lipinski definition) is 1. The molecule has 0 bridgehead atoms. The molecule has 46 heavy (non-hydrogen) atoms. The Morgan fingerprint density at radius 3 is 2.20 bits per heavy atom. The zero-order valence-corrected chi connectivity index (χ0v) is 26.8. The molecule has 1 N–H and O–H groups in total. The second-order valence-corrected chi connectivity index (χ2v) is 13.9. The number of carbonyl (C=O) groups excluding carboxylic acids is 1. The molecule has 0 radical (unpaired) electrons. The zero-order chi connectivity index (χ0) is 33.2. The Balaban J connectivity index is 1.34. The molecule has 1 fully saturated rings. The quantitative estimate of drug-likeness (QED) is 0.149. The minimum Gasteiger partial charge on any atom is -0.530 e. The highest BCUT2D eigenvalue weighted by Crippen LogP contribution is 2.32. The van der Waals surface area contributed by atoms with E-state index in [-0.39, 0.29) is 42.7 Å². The van der Waals surface area contributed by atoms with Crippen molar-refractivity contribution in [1.82, 2.24) is 14.1 Å². The summed E-state index contributed by atoms with van der Waals surface area (Å²) in [5.41, 5.74) is 0.666. The Hall–Kier alpha value is -4.10. The average molecular weight is 650 g/mol. The van der Waals surface area contributed by atoms with Crippen LogP contribution in [0, 0.1) is 16.0 Å². The van der Waals surface area contributed by atoms with E-state index in [0.29, 0.717) is 18.5 Å². The summed E-state index contributed by atoms with van der Waals surface area (Å²) in [5.74, 6) is 0.276. The summed E-state index contributed by atoms with van der Waals surface area (Å²) in [6, 6.07) is 23.6. The smallest absolute Gasteiger partial charge is 0.269 e. The van der Waals surface area contributed by atoms with Gasteiger partial charge in [0.15, 0.2) is 0 Å². The average Bonchev–Trinajstić information content (AvgIpc) is 3.07. The monoisotopic (exact) mass is 649 g/mol. The number of carbonyl (C=O) groups is 1. The lowest BCUT2D eigenvalue weighted by Gasteiger charge is -2.39. The molecule has 1 aliphatic heterocycles. The van der Waals surface area contributed by atoms with Gasteiger partial charge in [0.05, 0.1) is 16.4 Å². The van der Waals surface area contributed by atoms with Crippen LogP contribution in [0.5, 0.6) is 0 Å². The van der Waals surface area contributed by atoms with Crippen LogP contribution in [0.15, 0.2) is 102 Å². The van der Waals surface area contributed by atoms with E-state index in [0.717, 1.165) is 36.4 Å². The van der Waals surface area contributed by atoms with Crippen molar-refractivity contribution in [2.45, 2.75) is 36.1 Å². The molecule has 0 aromatic heterocycles. The summed E-state index contributed by atoms with van der Waals surface area (Å²) in [6.07, 6.45) is 4.87. The van der Waals surface area contributed by atoms with Gasteiger partial charge in [-0.05, 0) is 68.1 Å². The molecule has 1 unspecified atom stereocenters. The summed E-state index contributed by atoms with van der Waals surface area (Å²) in [4.78, 5) is 25.7. The van der Waals surface area contributed by atoms with Crippen molar-refractivity contribution in [1.29, 1.82) is 0 Å². The summed E-state index contributed by atoms with van der Waals surface area (Å²) in [6.45, 7) is 2.44. The maximum absolute atomic E-state index is 13.4. The van der Waals surface area contributed by atoms with E-state index in [1.54, 1.807) is 37.4 Å². The molecule has 1 aliphatic rings. The van der Waals surface area contributed by atoms with Crippen LogP contribution in [-0.2, 0) is 22.0 Å². The third-order valence-electron chi connectivity index (χ3n) is 8.72. The van der Waals surface area contributed by atoms with Gasteiger partial charge in [-0.25, -0.2) is 8.42 Å². The fraction of sp³-hybridized carbons (Fsp3) is 0.382. The topological polar surface area (TPSA) is 147 Å². The lowest BCUT2D eigenvalue weighted by atomic mass is 9.77. The second-order valence-electron chi connectivity index (χ2n) is 11.8. The SMILES string of the molecule is CN(CC(CO)(CCN1CCC(C=CCN(Cc2ccc([N+](=O)[O-])cc2)C(=O)[O-])CC1)c1ccccc1)S(=O)(=O)c1ccccc1. The van der Waals surface area contributed by atoms with Crippen molar-refractivity contribution in [3.63, 3.8) is 0 Å². The van der Waals surface area contributed by atoms with Crippen LogP contribution in [-0.4, -0.2) is 85.0 Å². The Kier molecular flexibility index (Phi) is 12.1. The molecule has 1 atom stereocenters. The normalized spacial score (nSPS) is 16.0. The van der Waals surface area contributed by atoms with Crippen molar-refractivity contribution in [2.75, 3.05) is 46.4 Å². The number of likely N-dealkylation sites (N-methyl/N-ethyl adjacent to an activating group) is 1. The van der Waals surface area contributed by atoms with Gasteiger partial charge >= 0.3 is 0 Å². The van der Waals surface area contributed by atoms with Crippen molar-refractivity contribution >= 4 is 21.8 Å². The van der Waals surface area contributed by atoms with E-state index in [9.17, 15) is 33.5 Å². The molecule has 0 aliphatic carbocycles. The second kappa shape index (κ2) is 15.9. The summed E-state index contributed by atoms with van der Waals surface area (Å²) in [5, 5.41) is 33.3. The van der Waals surface area contributed by atoms with E-state index in [1.807, 2.05) is 42.5 Å². The molecule has 4 rings (SSSR count). The number of aliphatic hydroxyl groups is 1. The van der Waals surface area contributed by atoms with E-state index < -0.39 is 26.5 Å². The largest absolute Gasteiger partial charge is 0.530 e. The number of likely N-dealkylation sites (tertiary alicyclic amines) is 1. The van der Waals surface area contributed by atoms with Crippen LogP contribution in [0.25, 0.3) is 0 Å². The third kappa shape index (κ3) is 9.00. The van der Waals surface area contributed by atoms with Gasteiger partial charge in [-0.15, -0.1) is 0 Å². The van der Waals surface area contributed by atoms with Gasteiger partial charge in [-0.1, -0.05) is 72.8 Å². The van der Waals surface area contributed by atoms with Gasteiger partial charge in [0.1, 0.15) is 6.09 Å². The Morgan fingerprint density at radius 2 is 1.63 bits per heavy atom. The van der Waals surface area contributed by atoms with Gasteiger partial charge in [-0.3, -0.25) is 10.1 Å².